The van der Waals surface area contributed by atoms with Crippen molar-refractivity contribution < 1.29 is 4.43 Å². The van der Waals surface area contributed by atoms with Gasteiger partial charge in [-0.05, 0) is 30.6 Å². The number of hydrogen-bond donors (Lipinski definition) is 0. The minimum absolute atomic E-state index is 0.0739. The first-order chi connectivity index (χ1) is 6.76. The molecule has 0 radical (unpaired) electrons. The van der Waals surface area contributed by atoms with Gasteiger partial charge in [-0.3, -0.25) is 0 Å². The molecule has 0 heterocycles. The van der Waals surface area contributed by atoms with Crippen LogP contribution >= 0.6 is 0 Å². The minimum Gasteiger partial charge on any atom is -0.547 e. The van der Waals surface area contributed by atoms with Gasteiger partial charge in [-0.25, -0.2) is 0 Å². The van der Waals surface area contributed by atoms with E-state index in [-0.39, 0.29) is 11.0 Å². The number of rotatable bonds is 2. The van der Waals surface area contributed by atoms with Gasteiger partial charge in [0.05, 0.1) is 17.7 Å². The summed E-state index contributed by atoms with van der Waals surface area (Å²) in [6.45, 7) is 11.2. The fourth-order valence-electron chi connectivity index (χ4n) is 1.36. The second-order valence-electron chi connectivity index (χ2n) is 5.77. The molecular formula is C12H21NOSi. The van der Waals surface area contributed by atoms with Crippen molar-refractivity contribution in [1.29, 1.82) is 5.26 Å². The monoisotopic (exact) mass is 223 g/mol. The zero-order valence-electron chi connectivity index (χ0n) is 10.4. The summed E-state index contributed by atoms with van der Waals surface area (Å²) in [5.74, 6) is 1.12. The second-order valence-corrected chi connectivity index (χ2v) is 10.5. The van der Waals surface area contributed by atoms with Gasteiger partial charge in [0.15, 0.2) is 0 Å². The summed E-state index contributed by atoms with van der Waals surface area (Å²) in [4.78, 5) is 0. The molecule has 0 aromatic heterocycles. The number of hydrogen-bond acceptors (Lipinski definition) is 2. The Balaban J connectivity index is 2.68. The van der Waals surface area contributed by atoms with Gasteiger partial charge >= 0.3 is 0 Å². The fraction of sp³-hybridized carbons (Fsp3) is 0.750. The summed E-state index contributed by atoms with van der Waals surface area (Å²) in [6.07, 6.45) is 3.87. The van der Waals surface area contributed by atoms with Crippen molar-refractivity contribution in [2.45, 2.75) is 51.7 Å². The van der Waals surface area contributed by atoms with E-state index in [1.54, 1.807) is 0 Å². The molecule has 0 saturated carbocycles. The van der Waals surface area contributed by atoms with Crippen LogP contribution in [-0.4, -0.2) is 8.32 Å². The van der Waals surface area contributed by atoms with E-state index in [1.165, 1.54) is 0 Å². The highest BCUT2D eigenvalue weighted by atomic mass is 28.4. The molecule has 0 aromatic rings. The van der Waals surface area contributed by atoms with E-state index in [1.807, 2.05) is 6.08 Å². The molecule has 0 N–H and O–H groups in total. The van der Waals surface area contributed by atoms with E-state index in [9.17, 15) is 0 Å². The van der Waals surface area contributed by atoms with Crippen LogP contribution in [-0.2, 0) is 4.43 Å². The highest BCUT2D eigenvalue weighted by Crippen LogP contribution is 2.39. The van der Waals surface area contributed by atoms with E-state index in [0.29, 0.717) is 0 Å². The molecule has 0 aromatic carbocycles. The van der Waals surface area contributed by atoms with Crippen molar-refractivity contribution in [1.82, 2.24) is 0 Å². The lowest BCUT2D eigenvalue weighted by atomic mass is 10.2. The largest absolute Gasteiger partial charge is 0.547 e. The quantitative estimate of drug-likeness (QED) is 0.667. The van der Waals surface area contributed by atoms with Crippen molar-refractivity contribution in [2.75, 3.05) is 0 Å². The average Bonchev–Trinajstić information content (AvgIpc) is 2.49. The molecule has 0 aliphatic heterocycles. The first-order valence-corrected chi connectivity index (χ1v) is 8.46. The standard InChI is InChI=1S/C12H21NOSi/c1-12(2,3)15(4,5)14-11-7-6-10(8-11)9-13/h8,10H,6-7H2,1-5H3. The Morgan fingerprint density at radius 3 is 2.47 bits per heavy atom. The molecule has 1 rings (SSSR count). The molecule has 1 aliphatic rings. The van der Waals surface area contributed by atoms with E-state index >= 15 is 0 Å². The lowest BCUT2D eigenvalue weighted by molar-refractivity contribution is 0.373. The maximum Gasteiger partial charge on any atom is 0.250 e. The molecule has 0 amide bonds. The first-order valence-electron chi connectivity index (χ1n) is 5.55. The van der Waals surface area contributed by atoms with Crippen molar-refractivity contribution in [3.63, 3.8) is 0 Å². The van der Waals surface area contributed by atoms with Crippen LogP contribution in [0.2, 0.25) is 18.1 Å². The number of nitriles is 1. The van der Waals surface area contributed by atoms with Crippen LogP contribution in [0, 0.1) is 17.2 Å². The Kier molecular flexibility index (Phi) is 3.30. The van der Waals surface area contributed by atoms with Gasteiger partial charge in [-0.1, -0.05) is 20.8 Å². The summed E-state index contributed by atoms with van der Waals surface area (Å²) >= 11 is 0. The Bertz CT molecular complexity index is 307. The molecule has 0 spiro atoms. The zero-order chi connectivity index (χ0) is 11.7. The first kappa shape index (κ1) is 12.3. The van der Waals surface area contributed by atoms with Crippen molar-refractivity contribution in [2.24, 2.45) is 5.92 Å². The molecule has 0 bridgehead atoms. The van der Waals surface area contributed by atoms with Crippen molar-refractivity contribution in [3.05, 3.63) is 11.8 Å². The molecule has 0 fully saturated rings. The Hall–Kier alpha value is -0.753. The Labute approximate surface area is 94.1 Å². The maximum absolute atomic E-state index is 8.80. The predicted octanol–water partition coefficient (Wildman–Crippen LogP) is 3.83. The zero-order valence-corrected chi connectivity index (χ0v) is 11.4. The normalized spacial score (nSPS) is 22.1. The van der Waals surface area contributed by atoms with Crippen LogP contribution in [0.5, 0.6) is 0 Å². The highest BCUT2D eigenvalue weighted by molar-refractivity contribution is 6.74. The van der Waals surface area contributed by atoms with Crippen LogP contribution in [0.15, 0.2) is 11.8 Å². The maximum atomic E-state index is 8.80. The van der Waals surface area contributed by atoms with Crippen molar-refractivity contribution in [3.8, 4) is 6.07 Å². The van der Waals surface area contributed by atoms with Gasteiger partial charge in [0, 0.05) is 6.42 Å². The van der Waals surface area contributed by atoms with E-state index in [2.05, 4.69) is 39.9 Å². The highest BCUT2D eigenvalue weighted by Gasteiger charge is 2.39. The SMILES string of the molecule is CC(C)(C)[Si](C)(C)OC1=CC(C#N)CC1. The number of allylic oxidation sites excluding steroid dienone is 2. The molecule has 1 unspecified atom stereocenters. The van der Waals surface area contributed by atoms with Crippen molar-refractivity contribution >= 4 is 8.32 Å². The van der Waals surface area contributed by atoms with Gasteiger partial charge in [-0.2, -0.15) is 5.26 Å². The lowest BCUT2D eigenvalue weighted by Gasteiger charge is -2.36. The second kappa shape index (κ2) is 4.01. The van der Waals surface area contributed by atoms with Gasteiger partial charge in [0.25, 0.3) is 0 Å². The van der Waals surface area contributed by atoms with Gasteiger partial charge in [0.1, 0.15) is 0 Å². The van der Waals surface area contributed by atoms with E-state index in [4.69, 9.17) is 9.69 Å². The topological polar surface area (TPSA) is 33.0 Å². The smallest absolute Gasteiger partial charge is 0.250 e. The molecule has 0 saturated heterocycles. The summed E-state index contributed by atoms with van der Waals surface area (Å²) in [5, 5.41) is 9.04. The van der Waals surface area contributed by atoms with E-state index < -0.39 is 8.32 Å². The predicted molar refractivity (Wildman–Crippen MR) is 64.7 cm³/mol. The fourth-order valence-corrected chi connectivity index (χ4v) is 2.49. The van der Waals surface area contributed by atoms with Gasteiger partial charge in [0.2, 0.25) is 8.32 Å². The van der Waals surface area contributed by atoms with Crippen LogP contribution in [0.4, 0.5) is 0 Å². The van der Waals surface area contributed by atoms with Crippen LogP contribution in [0.25, 0.3) is 0 Å². The molecule has 3 heteroatoms. The van der Waals surface area contributed by atoms with Crippen LogP contribution < -0.4 is 0 Å². The summed E-state index contributed by atoms with van der Waals surface area (Å²) in [5.41, 5.74) is 0. The Morgan fingerprint density at radius 2 is 2.07 bits per heavy atom. The molecule has 2 nitrogen and oxygen atoms in total. The molecule has 1 aliphatic carbocycles. The minimum atomic E-state index is -1.69. The third-order valence-electron chi connectivity index (χ3n) is 3.45. The third kappa shape index (κ3) is 2.85. The molecule has 84 valence electrons. The van der Waals surface area contributed by atoms with Crippen LogP contribution in [0.3, 0.4) is 0 Å². The average molecular weight is 223 g/mol. The third-order valence-corrected chi connectivity index (χ3v) is 7.83. The molecule has 15 heavy (non-hydrogen) atoms. The molecular weight excluding hydrogens is 202 g/mol. The Morgan fingerprint density at radius 1 is 1.47 bits per heavy atom. The summed E-state index contributed by atoms with van der Waals surface area (Å²) in [7, 11) is -1.69. The summed E-state index contributed by atoms with van der Waals surface area (Å²) in [6, 6.07) is 2.28. The lowest BCUT2D eigenvalue weighted by Crippen LogP contribution is -2.40. The van der Waals surface area contributed by atoms with Crippen LogP contribution in [0.1, 0.15) is 33.6 Å². The summed E-state index contributed by atoms with van der Waals surface area (Å²) < 4.78 is 6.14. The molecule has 1 atom stereocenters. The van der Waals surface area contributed by atoms with E-state index in [0.717, 1.165) is 18.6 Å². The van der Waals surface area contributed by atoms with Gasteiger partial charge in [-0.15, -0.1) is 0 Å². The van der Waals surface area contributed by atoms with Gasteiger partial charge < -0.3 is 4.43 Å². The number of nitrogens with zero attached hydrogens (tertiary/aromatic N) is 1.